The summed E-state index contributed by atoms with van der Waals surface area (Å²) >= 11 is 4.79. The first-order valence-electron chi connectivity index (χ1n) is 10.7. The summed E-state index contributed by atoms with van der Waals surface area (Å²) in [6.45, 7) is 2.17. The number of ether oxygens (including phenoxy) is 1. The molecule has 1 unspecified atom stereocenters. The molecule has 1 N–H and O–H groups in total. The minimum Gasteiger partial charge on any atom is -0.466 e. The topological polar surface area (TPSA) is 84.4 Å². The highest BCUT2D eigenvalue weighted by Gasteiger charge is 2.44. The van der Waals surface area contributed by atoms with Gasteiger partial charge >= 0.3 is 12.0 Å². The van der Waals surface area contributed by atoms with Gasteiger partial charge in [0.15, 0.2) is 8.68 Å². The van der Waals surface area contributed by atoms with Crippen molar-refractivity contribution in [2.24, 2.45) is 0 Å². The summed E-state index contributed by atoms with van der Waals surface area (Å²) in [5, 5.41) is 11.6. The Hall–Kier alpha value is -2.04. The number of amides is 2. The maximum absolute atomic E-state index is 13.1. The number of carbonyl (C=O) groups excluding carboxylic acids is 2. The summed E-state index contributed by atoms with van der Waals surface area (Å²) in [5.41, 5.74) is 2.04. The standard InChI is InChI=1S/C22H26N4O3S3/c1-3-4-12-30-21-24-25-22(32-21)31-13-16-17(19(27)29-2)18(14-8-6-5-7-9-14)23-20(28)26(16)15-10-11-15/h5-9,15,18H,3-4,10-13H2,1-2H3,(H,23,28). The fraction of sp³-hybridized carbons (Fsp3) is 0.455. The lowest BCUT2D eigenvalue weighted by molar-refractivity contribution is -0.136. The second-order valence-corrected chi connectivity index (χ2v) is 11.1. The number of hydrogen-bond acceptors (Lipinski definition) is 8. The van der Waals surface area contributed by atoms with Crippen LogP contribution < -0.4 is 5.32 Å². The molecule has 1 aromatic heterocycles. The zero-order valence-corrected chi connectivity index (χ0v) is 20.5. The molecular formula is C22H26N4O3S3. The van der Waals surface area contributed by atoms with E-state index >= 15 is 0 Å². The Morgan fingerprint density at radius 3 is 2.59 bits per heavy atom. The molecule has 4 rings (SSSR count). The molecule has 0 bridgehead atoms. The molecular weight excluding hydrogens is 464 g/mol. The smallest absolute Gasteiger partial charge is 0.338 e. The predicted octanol–water partition coefficient (Wildman–Crippen LogP) is 4.88. The van der Waals surface area contributed by atoms with Crippen molar-refractivity contribution in [1.82, 2.24) is 20.4 Å². The summed E-state index contributed by atoms with van der Waals surface area (Å²) in [6, 6.07) is 8.94. The van der Waals surface area contributed by atoms with E-state index in [0.29, 0.717) is 17.0 Å². The second kappa shape index (κ2) is 10.7. The molecule has 10 heteroatoms. The van der Waals surface area contributed by atoms with E-state index < -0.39 is 12.0 Å². The van der Waals surface area contributed by atoms with Gasteiger partial charge in [0.05, 0.1) is 18.7 Å². The number of carbonyl (C=O) groups is 2. The first-order valence-corrected chi connectivity index (χ1v) is 13.5. The van der Waals surface area contributed by atoms with Gasteiger partial charge in [-0.3, -0.25) is 4.90 Å². The van der Waals surface area contributed by atoms with E-state index in [1.165, 1.54) is 18.9 Å². The maximum atomic E-state index is 13.1. The summed E-state index contributed by atoms with van der Waals surface area (Å²) in [6.07, 6.45) is 4.17. The van der Waals surface area contributed by atoms with Crippen molar-refractivity contribution in [3.8, 4) is 0 Å². The van der Waals surface area contributed by atoms with Crippen LogP contribution in [0.3, 0.4) is 0 Å². The molecule has 170 valence electrons. The fourth-order valence-electron chi connectivity index (χ4n) is 3.54. The minimum absolute atomic E-state index is 0.122. The number of thioether (sulfide) groups is 2. The number of unbranched alkanes of at least 4 members (excludes halogenated alkanes) is 1. The summed E-state index contributed by atoms with van der Waals surface area (Å²) in [4.78, 5) is 27.7. The Labute approximate surface area is 200 Å². The van der Waals surface area contributed by atoms with Crippen molar-refractivity contribution in [2.75, 3.05) is 18.6 Å². The molecule has 7 nitrogen and oxygen atoms in total. The van der Waals surface area contributed by atoms with Crippen LogP contribution in [0.25, 0.3) is 0 Å². The van der Waals surface area contributed by atoms with Gasteiger partial charge in [-0.1, -0.05) is 78.5 Å². The monoisotopic (exact) mass is 490 g/mol. The summed E-state index contributed by atoms with van der Waals surface area (Å²) in [7, 11) is 1.38. The molecule has 1 aliphatic carbocycles. The third-order valence-electron chi connectivity index (χ3n) is 5.27. The molecule has 2 aliphatic rings. The van der Waals surface area contributed by atoms with E-state index in [1.54, 1.807) is 28.0 Å². The largest absolute Gasteiger partial charge is 0.466 e. The number of hydrogen-bond donors (Lipinski definition) is 1. The van der Waals surface area contributed by atoms with E-state index in [9.17, 15) is 9.59 Å². The van der Waals surface area contributed by atoms with Crippen molar-refractivity contribution in [2.45, 2.75) is 53.4 Å². The van der Waals surface area contributed by atoms with Gasteiger partial charge in [0.1, 0.15) is 0 Å². The Morgan fingerprint density at radius 1 is 1.22 bits per heavy atom. The molecule has 0 saturated heterocycles. The highest BCUT2D eigenvalue weighted by molar-refractivity contribution is 8.03. The van der Waals surface area contributed by atoms with Crippen molar-refractivity contribution >= 4 is 46.9 Å². The third kappa shape index (κ3) is 5.29. The molecule has 2 aromatic rings. The molecule has 1 saturated carbocycles. The lowest BCUT2D eigenvalue weighted by atomic mass is 9.95. The average Bonchev–Trinajstić information content (AvgIpc) is 3.55. The number of nitrogens with one attached hydrogen (secondary N) is 1. The highest BCUT2D eigenvalue weighted by atomic mass is 32.2. The maximum Gasteiger partial charge on any atom is 0.338 e. The molecule has 1 atom stereocenters. The van der Waals surface area contributed by atoms with Crippen LogP contribution in [-0.2, 0) is 9.53 Å². The van der Waals surface area contributed by atoms with E-state index in [2.05, 4.69) is 22.4 Å². The minimum atomic E-state index is -0.545. The van der Waals surface area contributed by atoms with Gasteiger partial charge in [0, 0.05) is 23.2 Å². The van der Waals surface area contributed by atoms with Gasteiger partial charge in [-0.15, -0.1) is 10.2 Å². The zero-order valence-electron chi connectivity index (χ0n) is 18.1. The van der Waals surface area contributed by atoms with Crippen molar-refractivity contribution in [3.05, 3.63) is 47.2 Å². The summed E-state index contributed by atoms with van der Waals surface area (Å²) in [5.74, 6) is 1.06. The van der Waals surface area contributed by atoms with E-state index in [0.717, 1.165) is 45.7 Å². The molecule has 2 heterocycles. The van der Waals surface area contributed by atoms with Crippen LogP contribution in [0.1, 0.15) is 44.2 Å². The highest BCUT2D eigenvalue weighted by Crippen LogP contribution is 2.40. The Morgan fingerprint density at radius 2 is 1.94 bits per heavy atom. The van der Waals surface area contributed by atoms with Crippen LogP contribution in [-0.4, -0.2) is 51.8 Å². The Balaban J connectivity index is 1.63. The lowest BCUT2D eigenvalue weighted by Gasteiger charge is -2.36. The number of benzene rings is 1. The Bertz CT molecular complexity index is 991. The SMILES string of the molecule is CCCCSc1nnc(SCC2=C(C(=O)OC)C(c3ccccc3)NC(=O)N2C2CC2)s1. The first kappa shape index (κ1) is 23.1. The quantitative estimate of drug-likeness (QED) is 0.289. The van der Waals surface area contributed by atoms with Crippen molar-refractivity contribution in [3.63, 3.8) is 0 Å². The van der Waals surface area contributed by atoms with Crippen molar-refractivity contribution < 1.29 is 14.3 Å². The second-order valence-electron chi connectivity index (χ2n) is 7.57. The van der Waals surface area contributed by atoms with Crippen LogP contribution >= 0.6 is 34.9 Å². The fourth-order valence-corrected chi connectivity index (χ4v) is 6.74. The third-order valence-corrected chi connectivity index (χ3v) is 8.56. The summed E-state index contributed by atoms with van der Waals surface area (Å²) < 4.78 is 6.94. The normalized spacial score (nSPS) is 18.6. The molecule has 2 amide bonds. The molecule has 1 aliphatic heterocycles. The van der Waals surface area contributed by atoms with Crippen LogP contribution in [0.4, 0.5) is 4.79 Å². The van der Waals surface area contributed by atoms with Gasteiger partial charge in [-0.2, -0.15) is 0 Å². The van der Waals surface area contributed by atoms with Crippen LogP contribution in [0, 0.1) is 0 Å². The van der Waals surface area contributed by atoms with E-state index in [1.807, 2.05) is 30.3 Å². The molecule has 0 spiro atoms. The Kier molecular flexibility index (Phi) is 7.75. The number of methoxy groups -OCH3 is 1. The van der Waals surface area contributed by atoms with Gasteiger partial charge in [-0.25, -0.2) is 9.59 Å². The average molecular weight is 491 g/mol. The van der Waals surface area contributed by atoms with Gasteiger partial charge in [-0.05, 0) is 24.8 Å². The number of nitrogens with zero attached hydrogens (tertiary/aromatic N) is 3. The van der Waals surface area contributed by atoms with Gasteiger partial charge < -0.3 is 10.1 Å². The number of aromatic nitrogens is 2. The molecule has 0 radical (unpaired) electrons. The number of rotatable bonds is 10. The molecule has 1 fully saturated rings. The van der Waals surface area contributed by atoms with Crippen LogP contribution in [0.15, 0.2) is 50.3 Å². The van der Waals surface area contributed by atoms with E-state index in [-0.39, 0.29) is 12.1 Å². The van der Waals surface area contributed by atoms with Crippen molar-refractivity contribution in [1.29, 1.82) is 0 Å². The number of esters is 1. The zero-order chi connectivity index (χ0) is 22.5. The van der Waals surface area contributed by atoms with Gasteiger partial charge in [0.25, 0.3) is 0 Å². The molecule has 32 heavy (non-hydrogen) atoms. The first-order chi connectivity index (χ1) is 15.6. The van der Waals surface area contributed by atoms with Crippen LogP contribution in [0.2, 0.25) is 0 Å². The predicted molar refractivity (Wildman–Crippen MR) is 128 cm³/mol. The van der Waals surface area contributed by atoms with Gasteiger partial charge in [0.2, 0.25) is 0 Å². The van der Waals surface area contributed by atoms with E-state index in [4.69, 9.17) is 4.74 Å². The van der Waals surface area contributed by atoms with Crippen LogP contribution in [0.5, 0.6) is 0 Å². The lowest BCUT2D eigenvalue weighted by Crippen LogP contribution is -2.50. The molecule has 1 aromatic carbocycles. The number of urea groups is 1.